The van der Waals surface area contributed by atoms with Crippen LogP contribution in [0.4, 0.5) is 19.0 Å². The van der Waals surface area contributed by atoms with Crippen LogP contribution in [0.5, 0.6) is 0 Å². The maximum Gasteiger partial charge on any atom is 0.416 e. The van der Waals surface area contributed by atoms with Gasteiger partial charge in [-0.15, -0.1) is 0 Å². The number of benzene rings is 2. The van der Waals surface area contributed by atoms with Gasteiger partial charge in [0, 0.05) is 18.1 Å². The fourth-order valence-electron chi connectivity index (χ4n) is 3.10. The topological polar surface area (TPSA) is 55.6 Å². The summed E-state index contributed by atoms with van der Waals surface area (Å²) in [5.41, 5.74) is 2.36. The van der Waals surface area contributed by atoms with Gasteiger partial charge in [0.05, 0.1) is 11.9 Å². The lowest BCUT2D eigenvalue weighted by atomic mass is 10.1. The molecule has 0 aliphatic rings. The lowest BCUT2D eigenvalue weighted by molar-refractivity contribution is -0.137. The van der Waals surface area contributed by atoms with Crippen molar-refractivity contribution in [3.63, 3.8) is 0 Å². The number of nitrogens with zero attached hydrogens (tertiary/aromatic N) is 4. The molecular formula is C21H17ClF3N5. The van der Waals surface area contributed by atoms with Crippen molar-refractivity contribution >= 4 is 28.6 Å². The molecule has 0 fully saturated rings. The summed E-state index contributed by atoms with van der Waals surface area (Å²) in [6.07, 6.45) is -0.670. The molecule has 0 radical (unpaired) electrons. The lowest BCUT2D eigenvalue weighted by Crippen LogP contribution is -2.06. The number of rotatable bonds is 6. The minimum Gasteiger partial charge on any atom is -0.364 e. The molecule has 154 valence electrons. The Labute approximate surface area is 175 Å². The van der Waals surface area contributed by atoms with Gasteiger partial charge in [-0.2, -0.15) is 13.2 Å². The minimum absolute atomic E-state index is 0.490. The Morgan fingerprint density at radius 3 is 2.47 bits per heavy atom. The standard InChI is InChI=1S/C21H17ClF3N5/c22-17-4-2-1-3-15(17)11-26-19-18-20(28-12-27-19)30(13-29-18)10-9-14-5-7-16(8-6-14)21(23,24)25/h1-8,12-13H,9-11H2,(H,26,27,28). The van der Waals surface area contributed by atoms with E-state index in [9.17, 15) is 13.2 Å². The molecule has 2 heterocycles. The summed E-state index contributed by atoms with van der Waals surface area (Å²) in [5, 5.41) is 3.90. The number of hydrogen-bond acceptors (Lipinski definition) is 4. The van der Waals surface area contributed by atoms with Crippen molar-refractivity contribution in [1.29, 1.82) is 0 Å². The van der Waals surface area contributed by atoms with E-state index in [-0.39, 0.29) is 0 Å². The Hall–Kier alpha value is -3.13. The number of halogens is 4. The summed E-state index contributed by atoms with van der Waals surface area (Å²) >= 11 is 6.19. The minimum atomic E-state index is -4.33. The van der Waals surface area contributed by atoms with Crippen LogP contribution in [-0.4, -0.2) is 19.5 Å². The SMILES string of the molecule is FC(F)(F)c1ccc(CCn2cnc3c(NCc4ccccc4Cl)ncnc32)cc1. The van der Waals surface area contributed by atoms with Gasteiger partial charge in [-0.25, -0.2) is 15.0 Å². The Bertz CT molecular complexity index is 1160. The number of hydrogen-bond donors (Lipinski definition) is 1. The molecule has 0 aliphatic carbocycles. The molecule has 4 aromatic rings. The van der Waals surface area contributed by atoms with Crippen LogP contribution in [0.15, 0.2) is 61.2 Å². The number of nitrogens with one attached hydrogen (secondary N) is 1. The number of aromatic nitrogens is 4. The first-order valence-electron chi connectivity index (χ1n) is 9.21. The van der Waals surface area contributed by atoms with E-state index in [0.717, 1.165) is 23.3 Å². The maximum absolute atomic E-state index is 12.7. The first-order valence-corrected chi connectivity index (χ1v) is 9.59. The number of anilines is 1. The largest absolute Gasteiger partial charge is 0.416 e. The van der Waals surface area contributed by atoms with Crippen molar-refractivity contribution in [1.82, 2.24) is 19.5 Å². The second-order valence-corrected chi connectivity index (χ2v) is 7.13. The Morgan fingerprint density at radius 1 is 0.967 bits per heavy atom. The van der Waals surface area contributed by atoms with E-state index in [2.05, 4.69) is 20.3 Å². The summed E-state index contributed by atoms with van der Waals surface area (Å²) in [6.45, 7) is 1.02. The van der Waals surface area contributed by atoms with Crippen LogP contribution in [0.3, 0.4) is 0 Å². The number of imidazole rings is 1. The molecule has 30 heavy (non-hydrogen) atoms. The average molecular weight is 432 g/mol. The Balaban J connectivity index is 1.47. The molecule has 9 heteroatoms. The highest BCUT2D eigenvalue weighted by Gasteiger charge is 2.29. The quantitative estimate of drug-likeness (QED) is 0.447. The zero-order chi connectivity index (χ0) is 21.1. The zero-order valence-electron chi connectivity index (χ0n) is 15.7. The van der Waals surface area contributed by atoms with E-state index in [0.29, 0.717) is 41.5 Å². The van der Waals surface area contributed by atoms with Gasteiger partial charge in [-0.05, 0) is 35.7 Å². The maximum atomic E-state index is 12.7. The van der Waals surface area contributed by atoms with Gasteiger partial charge in [-0.1, -0.05) is 41.9 Å². The molecule has 1 N–H and O–H groups in total. The van der Waals surface area contributed by atoms with E-state index < -0.39 is 11.7 Å². The number of alkyl halides is 3. The van der Waals surface area contributed by atoms with Crippen LogP contribution in [0.25, 0.3) is 11.2 Å². The van der Waals surface area contributed by atoms with Crippen molar-refractivity contribution in [2.75, 3.05) is 5.32 Å². The third-order valence-electron chi connectivity index (χ3n) is 4.73. The van der Waals surface area contributed by atoms with Crippen LogP contribution < -0.4 is 5.32 Å². The van der Waals surface area contributed by atoms with Crippen molar-refractivity contribution in [3.05, 3.63) is 82.9 Å². The molecule has 2 aromatic heterocycles. The lowest BCUT2D eigenvalue weighted by Gasteiger charge is -2.09. The highest BCUT2D eigenvalue weighted by molar-refractivity contribution is 6.31. The molecule has 2 aromatic carbocycles. The molecule has 0 saturated carbocycles. The molecule has 0 aliphatic heterocycles. The summed E-state index contributed by atoms with van der Waals surface area (Å²) in [4.78, 5) is 13.0. The highest BCUT2D eigenvalue weighted by atomic mass is 35.5. The zero-order valence-corrected chi connectivity index (χ0v) is 16.5. The van der Waals surface area contributed by atoms with Gasteiger partial charge in [0.2, 0.25) is 0 Å². The van der Waals surface area contributed by atoms with Crippen LogP contribution >= 0.6 is 11.6 Å². The van der Waals surface area contributed by atoms with E-state index >= 15 is 0 Å². The molecule has 0 unspecified atom stereocenters. The molecule has 0 amide bonds. The molecule has 0 atom stereocenters. The van der Waals surface area contributed by atoms with Crippen LogP contribution in [0.2, 0.25) is 5.02 Å². The third-order valence-corrected chi connectivity index (χ3v) is 5.10. The normalized spacial score (nSPS) is 11.7. The van der Waals surface area contributed by atoms with Gasteiger partial charge < -0.3 is 9.88 Å². The predicted molar refractivity (Wildman–Crippen MR) is 109 cm³/mol. The van der Waals surface area contributed by atoms with Crippen molar-refractivity contribution < 1.29 is 13.2 Å². The Kier molecular flexibility index (Phi) is 5.59. The van der Waals surface area contributed by atoms with Crippen LogP contribution in [0, 0.1) is 0 Å². The highest BCUT2D eigenvalue weighted by Crippen LogP contribution is 2.29. The van der Waals surface area contributed by atoms with Gasteiger partial charge in [0.25, 0.3) is 0 Å². The van der Waals surface area contributed by atoms with Crippen LogP contribution in [0.1, 0.15) is 16.7 Å². The molecule has 4 rings (SSSR count). The summed E-state index contributed by atoms with van der Waals surface area (Å²) in [6, 6.07) is 12.7. The molecule has 0 spiro atoms. The van der Waals surface area contributed by atoms with Gasteiger partial charge in [-0.3, -0.25) is 0 Å². The second kappa shape index (κ2) is 8.31. The average Bonchev–Trinajstić information content (AvgIpc) is 3.15. The monoisotopic (exact) mass is 431 g/mol. The van der Waals surface area contributed by atoms with Crippen molar-refractivity contribution in [2.45, 2.75) is 25.7 Å². The van der Waals surface area contributed by atoms with E-state index in [1.165, 1.54) is 18.5 Å². The molecule has 0 saturated heterocycles. The molecular weight excluding hydrogens is 415 g/mol. The third kappa shape index (κ3) is 4.38. The smallest absolute Gasteiger partial charge is 0.364 e. The van der Waals surface area contributed by atoms with Gasteiger partial charge in [0.15, 0.2) is 11.5 Å². The van der Waals surface area contributed by atoms with E-state index in [4.69, 9.17) is 11.6 Å². The summed E-state index contributed by atoms with van der Waals surface area (Å²) < 4.78 is 39.9. The Morgan fingerprint density at radius 2 is 1.73 bits per heavy atom. The first kappa shape index (κ1) is 20.2. The van der Waals surface area contributed by atoms with E-state index in [1.54, 1.807) is 6.33 Å². The van der Waals surface area contributed by atoms with Crippen molar-refractivity contribution in [2.24, 2.45) is 0 Å². The van der Waals surface area contributed by atoms with Crippen LogP contribution in [-0.2, 0) is 25.7 Å². The summed E-state index contributed by atoms with van der Waals surface area (Å²) in [5.74, 6) is 0.591. The number of fused-ring (bicyclic) bond motifs is 1. The van der Waals surface area contributed by atoms with E-state index in [1.807, 2.05) is 28.8 Å². The van der Waals surface area contributed by atoms with Crippen molar-refractivity contribution in [3.8, 4) is 0 Å². The first-order chi connectivity index (χ1) is 14.4. The van der Waals surface area contributed by atoms with Gasteiger partial charge >= 0.3 is 6.18 Å². The second-order valence-electron chi connectivity index (χ2n) is 6.72. The summed E-state index contributed by atoms with van der Waals surface area (Å²) in [7, 11) is 0. The van der Waals surface area contributed by atoms with Gasteiger partial charge in [0.1, 0.15) is 11.8 Å². The predicted octanol–water partition coefficient (Wildman–Crippen LogP) is 5.35. The molecule has 0 bridgehead atoms. The fourth-order valence-corrected chi connectivity index (χ4v) is 3.31. The number of aryl methyl sites for hydroxylation is 2. The molecule has 5 nitrogen and oxygen atoms in total. The fraction of sp³-hybridized carbons (Fsp3) is 0.190.